The topological polar surface area (TPSA) is 29.5 Å². The van der Waals surface area contributed by atoms with E-state index in [1.54, 1.807) is 30.3 Å². The van der Waals surface area contributed by atoms with Gasteiger partial charge in [-0.2, -0.15) is 0 Å². The first-order valence-corrected chi connectivity index (χ1v) is 6.25. The fourth-order valence-electron chi connectivity index (χ4n) is 1.55. The van der Waals surface area contributed by atoms with Gasteiger partial charge in [0, 0.05) is 0 Å². The van der Waals surface area contributed by atoms with E-state index < -0.39 is 0 Å². The lowest BCUT2D eigenvalue weighted by Gasteiger charge is -2.09. The van der Waals surface area contributed by atoms with E-state index in [0.29, 0.717) is 12.4 Å². The molecule has 0 atom stereocenters. The maximum Gasteiger partial charge on any atom is 0.134 e. The zero-order valence-corrected chi connectivity index (χ0v) is 11.2. The van der Waals surface area contributed by atoms with E-state index in [2.05, 4.69) is 15.9 Å². The van der Waals surface area contributed by atoms with Crippen LogP contribution in [-0.4, -0.2) is 5.11 Å². The Balaban J connectivity index is 2.06. The van der Waals surface area contributed by atoms with Crippen molar-refractivity contribution in [3.63, 3.8) is 0 Å². The van der Waals surface area contributed by atoms with Crippen LogP contribution in [0, 0.1) is 5.82 Å². The summed E-state index contributed by atoms with van der Waals surface area (Å²) in [5, 5.41) is 8.99. The molecule has 2 aromatic carbocycles. The van der Waals surface area contributed by atoms with Crippen molar-refractivity contribution in [1.82, 2.24) is 0 Å². The molecule has 0 unspecified atom stereocenters. The van der Waals surface area contributed by atoms with E-state index in [-0.39, 0.29) is 12.4 Å². The Bertz CT molecular complexity index is 543. The number of benzene rings is 2. The Morgan fingerprint density at radius 3 is 2.61 bits per heavy atom. The molecule has 0 amide bonds. The number of hydrogen-bond acceptors (Lipinski definition) is 2. The number of halogens is 2. The summed E-state index contributed by atoms with van der Waals surface area (Å²) in [4.78, 5) is 0. The van der Waals surface area contributed by atoms with E-state index in [0.717, 1.165) is 15.6 Å². The van der Waals surface area contributed by atoms with Gasteiger partial charge < -0.3 is 9.84 Å². The van der Waals surface area contributed by atoms with Gasteiger partial charge in [0.25, 0.3) is 0 Å². The highest BCUT2D eigenvalue weighted by Gasteiger charge is 2.03. The lowest BCUT2D eigenvalue weighted by molar-refractivity contribution is 0.280. The van der Waals surface area contributed by atoms with Crippen LogP contribution in [0.3, 0.4) is 0 Å². The van der Waals surface area contributed by atoms with Gasteiger partial charge in [0.05, 0.1) is 11.1 Å². The van der Waals surface area contributed by atoms with Crippen LogP contribution in [0.15, 0.2) is 46.9 Å². The zero-order chi connectivity index (χ0) is 13.0. The Morgan fingerprint density at radius 2 is 1.94 bits per heavy atom. The van der Waals surface area contributed by atoms with E-state index >= 15 is 0 Å². The van der Waals surface area contributed by atoms with Crippen molar-refractivity contribution >= 4 is 15.9 Å². The van der Waals surface area contributed by atoms with Gasteiger partial charge >= 0.3 is 0 Å². The second kappa shape index (κ2) is 5.98. The van der Waals surface area contributed by atoms with Crippen molar-refractivity contribution in [1.29, 1.82) is 0 Å². The van der Waals surface area contributed by atoms with Gasteiger partial charge in [0.2, 0.25) is 0 Å². The summed E-state index contributed by atoms with van der Waals surface area (Å²) in [6.07, 6.45) is 0. The van der Waals surface area contributed by atoms with Gasteiger partial charge in [-0.15, -0.1) is 0 Å². The number of aliphatic hydroxyl groups is 1. The summed E-state index contributed by atoms with van der Waals surface area (Å²) < 4.78 is 19.3. The molecule has 0 bridgehead atoms. The molecule has 0 spiro atoms. The quantitative estimate of drug-likeness (QED) is 0.934. The molecule has 0 saturated carbocycles. The Kier molecular flexibility index (Phi) is 4.33. The predicted octanol–water partition coefficient (Wildman–Crippen LogP) is 3.66. The normalized spacial score (nSPS) is 10.4. The molecule has 0 aromatic heterocycles. The lowest BCUT2D eigenvalue weighted by atomic mass is 10.2. The fraction of sp³-hybridized carbons (Fsp3) is 0.143. The van der Waals surface area contributed by atoms with Crippen LogP contribution < -0.4 is 4.74 Å². The minimum absolute atomic E-state index is 0.0111. The van der Waals surface area contributed by atoms with Crippen molar-refractivity contribution in [2.24, 2.45) is 0 Å². The van der Waals surface area contributed by atoms with Gasteiger partial charge in [0.1, 0.15) is 18.2 Å². The van der Waals surface area contributed by atoms with E-state index in [1.165, 1.54) is 12.1 Å². The van der Waals surface area contributed by atoms with Crippen molar-refractivity contribution in [3.8, 4) is 5.75 Å². The molecule has 18 heavy (non-hydrogen) atoms. The second-order valence-electron chi connectivity index (χ2n) is 3.84. The van der Waals surface area contributed by atoms with Gasteiger partial charge in [-0.05, 0) is 51.3 Å². The van der Waals surface area contributed by atoms with Crippen LogP contribution in [0.2, 0.25) is 0 Å². The van der Waals surface area contributed by atoms with E-state index in [1.807, 2.05) is 0 Å². The number of aliphatic hydroxyl groups excluding tert-OH is 1. The van der Waals surface area contributed by atoms with Crippen LogP contribution >= 0.6 is 15.9 Å². The van der Waals surface area contributed by atoms with E-state index in [9.17, 15) is 4.39 Å². The lowest BCUT2D eigenvalue weighted by Crippen LogP contribution is -1.97. The molecule has 94 valence electrons. The average molecular weight is 311 g/mol. The number of rotatable bonds is 4. The van der Waals surface area contributed by atoms with E-state index in [4.69, 9.17) is 9.84 Å². The molecule has 0 radical (unpaired) electrons. The SMILES string of the molecule is OCc1ccc(OCc2cccc(F)c2)c(Br)c1. The summed E-state index contributed by atoms with van der Waals surface area (Å²) in [5.41, 5.74) is 1.58. The Morgan fingerprint density at radius 1 is 1.11 bits per heavy atom. The molecule has 0 aliphatic rings. The highest BCUT2D eigenvalue weighted by molar-refractivity contribution is 9.10. The fourth-order valence-corrected chi connectivity index (χ4v) is 2.09. The third-order valence-corrected chi connectivity index (χ3v) is 3.08. The monoisotopic (exact) mass is 310 g/mol. The molecule has 0 fully saturated rings. The van der Waals surface area contributed by atoms with Gasteiger partial charge in [-0.1, -0.05) is 18.2 Å². The van der Waals surface area contributed by atoms with Crippen LogP contribution in [0.25, 0.3) is 0 Å². The smallest absolute Gasteiger partial charge is 0.134 e. The molecule has 4 heteroatoms. The molecule has 2 aromatic rings. The Hall–Kier alpha value is -1.39. The molecule has 1 N–H and O–H groups in total. The Labute approximate surface area is 113 Å². The molecule has 0 saturated heterocycles. The highest BCUT2D eigenvalue weighted by atomic mass is 79.9. The maximum atomic E-state index is 13.0. The van der Waals surface area contributed by atoms with Crippen molar-refractivity contribution in [3.05, 3.63) is 63.9 Å². The third kappa shape index (κ3) is 3.31. The molecular formula is C14H12BrFO2. The molecule has 2 rings (SSSR count). The first-order chi connectivity index (χ1) is 8.69. The summed E-state index contributed by atoms with van der Waals surface area (Å²) in [6, 6.07) is 11.6. The van der Waals surface area contributed by atoms with Gasteiger partial charge in [-0.25, -0.2) is 4.39 Å². The largest absolute Gasteiger partial charge is 0.488 e. The van der Waals surface area contributed by atoms with Crippen LogP contribution in [-0.2, 0) is 13.2 Å². The first kappa shape index (κ1) is 13.1. The average Bonchev–Trinajstić information content (AvgIpc) is 2.37. The highest BCUT2D eigenvalue weighted by Crippen LogP contribution is 2.26. The zero-order valence-electron chi connectivity index (χ0n) is 9.57. The molecule has 0 heterocycles. The third-order valence-electron chi connectivity index (χ3n) is 2.46. The summed E-state index contributed by atoms with van der Waals surface area (Å²) in [6.45, 7) is 0.289. The van der Waals surface area contributed by atoms with Gasteiger partial charge in [-0.3, -0.25) is 0 Å². The maximum absolute atomic E-state index is 13.0. The minimum atomic E-state index is -0.272. The van der Waals surface area contributed by atoms with Crippen LogP contribution in [0.5, 0.6) is 5.75 Å². The summed E-state index contributed by atoms with van der Waals surface area (Å²) in [7, 11) is 0. The van der Waals surface area contributed by atoms with Crippen molar-refractivity contribution in [2.45, 2.75) is 13.2 Å². The molecule has 0 aliphatic carbocycles. The van der Waals surface area contributed by atoms with Crippen molar-refractivity contribution in [2.75, 3.05) is 0 Å². The second-order valence-corrected chi connectivity index (χ2v) is 4.70. The predicted molar refractivity (Wildman–Crippen MR) is 70.8 cm³/mol. The molecule has 2 nitrogen and oxygen atoms in total. The van der Waals surface area contributed by atoms with Crippen molar-refractivity contribution < 1.29 is 14.2 Å². The molecule has 0 aliphatic heterocycles. The van der Waals surface area contributed by atoms with Gasteiger partial charge in [0.15, 0.2) is 0 Å². The first-order valence-electron chi connectivity index (χ1n) is 5.45. The number of ether oxygens (including phenoxy) is 1. The summed E-state index contributed by atoms with van der Waals surface area (Å²) in [5.74, 6) is 0.391. The number of hydrogen-bond donors (Lipinski definition) is 1. The summed E-state index contributed by atoms with van der Waals surface area (Å²) >= 11 is 3.37. The van der Waals surface area contributed by atoms with Crippen LogP contribution in [0.1, 0.15) is 11.1 Å². The standard InChI is InChI=1S/C14H12BrFO2/c15-13-7-10(8-17)4-5-14(13)18-9-11-2-1-3-12(16)6-11/h1-7,17H,8-9H2. The molecular weight excluding hydrogens is 299 g/mol. The minimum Gasteiger partial charge on any atom is -0.488 e. The van der Waals surface area contributed by atoms with Crippen LogP contribution in [0.4, 0.5) is 4.39 Å².